The van der Waals surface area contributed by atoms with Crippen molar-refractivity contribution < 1.29 is 0 Å². The zero-order valence-electron chi connectivity index (χ0n) is 11.8. The minimum atomic E-state index is 0.837. The van der Waals surface area contributed by atoms with Crippen molar-refractivity contribution in [1.82, 2.24) is 24.8 Å². The topological polar surface area (TPSA) is 58.0 Å². The first-order valence-corrected chi connectivity index (χ1v) is 8.04. The van der Waals surface area contributed by atoms with E-state index in [9.17, 15) is 0 Å². The molecule has 2 aromatic rings. The maximum Gasteiger partial charge on any atom is 0.225 e. The quantitative estimate of drug-likeness (QED) is 0.607. The Morgan fingerprint density at radius 1 is 0.857 bits per heavy atom. The van der Waals surface area contributed by atoms with Gasteiger partial charge in [0, 0.05) is 63.3 Å². The lowest BCUT2D eigenvalue weighted by molar-refractivity contribution is 0.272. The molecule has 0 atom stereocenters. The van der Waals surface area contributed by atoms with Crippen LogP contribution in [0.5, 0.6) is 0 Å². The monoisotopic (exact) mass is 302 g/mol. The number of piperazine rings is 1. The summed E-state index contributed by atoms with van der Waals surface area (Å²) in [6.07, 6.45) is 7.17. The molecule has 0 unspecified atom stereocenters. The standard InChI is InChI=1S/C14H18N6S/c1-3-15-13(16-4-1)20-9-7-19(8-10-20)11-12-21-14-17-5-2-6-18-14/h1-6H,7-12H2. The van der Waals surface area contributed by atoms with Gasteiger partial charge in [-0.1, -0.05) is 11.8 Å². The molecule has 1 aliphatic heterocycles. The van der Waals surface area contributed by atoms with E-state index >= 15 is 0 Å². The van der Waals surface area contributed by atoms with Crippen molar-refractivity contribution in [1.29, 1.82) is 0 Å². The van der Waals surface area contributed by atoms with Crippen LogP contribution in [0.3, 0.4) is 0 Å². The Labute approximate surface area is 128 Å². The minimum absolute atomic E-state index is 0.837. The number of nitrogens with zero attached hydrogens (tertiary/aromatic N) is 6. The summed E-state index contributed by atoms with van der Waals surface area (Å²) in [5.74, 6) is 1.86. The summed E-state index contributed by atoms with van der Waals surface area (Å²) in [6, 6.07) is 3.69. The zero-order chi connectivity index (χ0) is 14.3. The summed E-state index contributed by atoms with van der Waals surface area (Å²) < 4.78 is 0. The van der Waals surface area contributed by atoms with Gasteiger partial charge in [-0.25, -0.2) is 19.9 Å². The Bertz CT molecular complexity index is 527. The molecule has 2 aromatic heterocycles. The Hall–Kier alpha value is -1.73. The summed E-state index contributed by atoms with van der Waals surface area (Å²) in [4.78, 5) is 21.8. The molecule has 3 heterocycles. The van der Waals surface area contributed by atoms with Crippen molar-refractivity contribution >= 4 is 17.7 Å². The maximum atomic E-state index is 4.30. The summed E-state index contributed by atoms with van der Waals surface area (Å²) in [6.45, 7) is 5.13. The maximum absolute atomic E-state index is 4.30. The van der Waals surface area contributed by atoms with E-state index in [0.717, 1.165) is 49.6 Å². The normalized spacial score (nSPS) is 16.1. The summed E-state index contributed by atoms with van der Waals surface area (Å²) >= 11 is 1.71. The van der Waals surface area contributed by atoms with Crippen molar-refractivity contribution in [3.05, 3.63) is 36.9 Å². The molecule has 110 valence electrons. The molecule has 0 aromatic carbocycles. The molecule has 0 saturated carbocycles. The van der Waals surface area contributed by atoms with E-state index in [-0.39, 0.29) is 0 Å². The van der Waals surface area contributed by atoms with E-state index in [4.69, 9.17) is 0 Å². The minimum Gasteiger partial charge on any atom is -0.338 e. The highest BCUT2D eigenvalue weighted by Gasteiger charge is 2.18. The number of aromatic nitrogens is 4. The van der Waals surface area contributed by atoms with Gasteiger partial charge >= 0.3 is 0 Å². The van der Waals surface area contributed by atoms with Gasteiger partial charge in [-0.05, 0) is 12.1 Å². The predicted molar refractivity (Wildman–Crippen MR) is 83.4 cm³/mol. The fourth-order valence-corrected chi connectivity index (χ4v) is 3.05. The van der Waals surface area contributed by atoms with E-state index in [1.807, 2.05) is 12.1 Å². The Balaban J connectivity index is 1.40. The molecule has 0 N–H and O–H groups in total. The van der Waals surface area contributed by atoms with Crippen LogP contribution in [0.2, 0.25) is 0 Å². The van der Waals surface area contributed by atoms with Crippen molar-refractivity contribution in [3.63, 3.8) is 0 Å². The lowest BCUT2D eigenvalue weighted by Gasteiger charge is -2.34. The van der Waals surface area contributed by atoms with Crippen LogP contribution < -0.4 is 4.90 Å². The van der Waals surface area contributed by atoms with Gasteiger partial charge in [0.1, 0.15) is 0 Å². The smallest absolute Gasteiger partial charge is 0.225 e. The van der Waals surface area contributed by atoms with E-state index in [1.165, 1.54) is 0 Å². The highest BCUT2D eigenvalue weighted by molar-refractivity contribution is 7.99. The largest absolute Gasteiger partial charge is 0.338 e. The molecule has 1 saturated heterocycles. The van der Waals surface area contributed by atoms with Gasteiger partial charge in [0.05, 0.1) is 0 Å². The molecule has 0 radical (unpaired) electrons. The zero-order valence-corrected chi connectivity index (χ0v) is 12.6. The number of rotatable bonds is 5. The second-order valence-electron chi connectivity index (χ2n) is 4.76. The Morgan fingerprint density at radius 2 is 1.48 bits per heavy atom. The lowest BCUT2D eigenvalue weighted by Crippen LogP contribution is -2.47. The van der Waals surface area contributed by atoms with Crippen LogP contribution >= 0.6 is 11.8 Å². The molecule has 6 nitrogen and oxygen atoms in total. The average Bonchev–Trinajstić information content (AvgIpc) is 2.57. The fourth-order valence-electron chi connectivity index (χ4n) is 2.25. The van der Waals surface area contributed by atoms with Crippen LogP contribution in [0.1, 0.15) is 0 Å². The van der Waals surface area contributed by atoms with Gasteiger partial charge in [0.25, 0.3) is 0 Å². The Kier molecular flexibility index (Phi) is 4.96. The van der Waals surface area contributed by atoms with E-state index < -0.39 is 0 Å². The third-order valence-electron chi connectivity index (χ3n) is 3.39. The van der Waals surface area contributed by atoms with Crippen LogP contribution in [-0.4, -0.2) is 63.3 Å². The number of thioether (sulfide) groups is 1. The molecule has 1 aliphatic rings. The van der Waals surface area contributed by atoms with Crippen LogP contribution in [-0.2, 0) is 0 Å². The van der Waals surface area contributed by atoms with Crippen LogP contribution in [0, 0.1) is 0 Å². The summed E-state index contributed by atoms with van der Waals surface area (Å²) in [5.41, 5.74) is 0. The fraction of sp³-hybridized carbons (Fsp3) is 0.429. The second-order valence-corrected chi connectivity index (χ2v) is 5.82. The Morgan fingerprint density at radius 3 is 2.14 bits per heavy atom. The summed E-state index contributed by atoms with van der Waals surface area (Å²) in [5, 5.41) is 0.855. The van der Waals surface area contributed by atoms with Gasteiger partial charge in [-0.15, -0.1) is 0 Å². The molecule has 21 heavy (non-hydrogen) atoms. The molecule has 3 rings (SSSR count). The van der Waals surface area contributed by atoms with E-state index in [1.54, 1.807) is 36.5 Å². The van der Waals surface area contributed by atoms with Crippen LogP contribution in [0.25, 0.3) is 0 Å². The van der Waals surface area contributed by atoms with Gasteiger partial charge in [0.2, 0.25) is 5.95 Å². The number of anilines is 1. The molecule has 7 heteroatoms. The van der Waals surface area contributed by atoms with Crippen LogP contribution in [0.15, 0.2) is 42.1 Å². The number of hydrogen-bond acceptors (Lipinski definition) is 7. The SMILES string of the molecule is c1cnc(SCCN2CCN(c3ncccn3)CC2)nc1. The number of hydrogen-bond donors (Lipinski definition) is 0. The van der Waals surface area contributed by atoms with Gasteiger partial charge < -0.3 is 4.90 Å². The van der Waals surface area contributed by atoms with Crippen molar-refractivity contribution in [2.75, 3.05) is 43.4 Å². The third-order valence-corrected chi connectivity index (χ3v) is 4.24. The average molecular weight is 302 g/mol. The molecular weight excluding hydrogens is 284 g/mol. The van der Waals surface area contributed by atoms with Gasteiger partial charge in [-0.3, -0.25) is 4.90 Å². The van der Waals surface area contributed by atoms with Gasteiger partial charge in [-0.2, -0.15) is 0 Å². The summed E-state index contributed by atoms with van der Waals surface area (Å²) in [7, 11) is 0. The second kappa shape index (κ2) is 7.33. The molecule has 0 amide bonds. The van der Waals surface area contributed by atoms with Crippen molar-refractivity contribution in [2.24, 2.45) is 0 Å². The first kappa shape index (κ1) is 14.2. The highest BCUT2D eigenvalue weighted by Crippen LogP contribution is 2.13. The first-order chi connectivity index (χ1) is 10.4. The third kappa shape index (κ3) is 4.12. The molecule has 0 aliphatic carbocycles. The molecule has 0 bridgehead atoms. The van der Waals surface area contributed by atoms with Crippen LogP contribution in [0.4, 0.5) is 5.95 Å². The predicted octanol–water partition coefficient (Wildman–Crippen LogP) is 1.18. The van der Waals surface area contributed by atoms with E-state index in [2.05, 4.69) is 29.7 Å². The van der Waals surface area contributed by atoms with Gasteiger partial charge in [0.15, 0.2) is 5.16 Å². The first-order valence-electron chi connectivity index (χ1n) is 7.06. The van der Waals surface area contributed by atoms with Crippen molar-refractivity contribution in [3.8, 4) is 0 Å². The van der Waals surface area contributed by atoms with Crippen molar-refractivity contribution in [2.45, 2.75) is 5.16 Å². The van der Waals surface area contributed by atoms with E-state index in [0.29, 0.717) is 0 Å². The molecule has 0 spiro atoms. The highest BCUT2D eigenvalue weighted by atomic mass is 32.2. The lowest BCUT2D eigenvalue weighted by atomic mass is 10.3. The molecular formula is C14H18N6S. The molecule has 1 fully saturated rings.